The first-order valence-electron chi connectivity index (χ1n) is 7.72. The van der Waals surface area contributed by atoms with Gasteiger partial charge in [0.15, 0.2) is 5.72 Å². The maximum atomic E-state index is 13.4. The minimum atomic E-state index is -3.39. The van der Waals surface area contributed by atoms with Crippen molar-refractivity contribution >= 4 is 21.4 Å². The number of aliphatic imine (C=N–C) groups is 1. The number of anilines is 1. The zero-order valence-electron chi connectivity index (χ0n) is 14.4. The zero-order chi connectivity index (χ0) is 18.4. The SMILES string of the molecule is Cc1cc(F)ccc1C1=NC(C)(C)Oc2cc(NS(C)(=O)=O)ccc21. The Morgan fingerprint density at radius 3 is 2.44 bits per heavy atom. The topological polar surface area (TPSA) is 67.8 Å². The molecular formula is C18H19FN2O3S. The molecule has 0 unspecified atom stereocenters. The summed E-state index contributed by atoms with van der Waals surface area (Å²) in [6, 6.07) is 9.57. The van der Waals surface area contributed by atoms with Gasteiger partial charge in [-0.1, -0.05) is 0 Å². The number of benzene rings is 2. The number of aryl methyl sites for hydroxylation is 1. The fraction of sp³-hybridized carbons (Fsp3) is 0.278. The largest absolute Gasteiger partial charge is 0.466 e. The quantitative estimate of drug-likeness (QED) is 0.909. The molecule has 0 atom stereocenters. The molecule has 1 aliphatic rings. The maximum Gasteiger partial charge on any atom is 0.229 e. The molecule has 2 aromatic rings. The van der Waals surface area contributed by atoms with E-state index in [0.29, 0.717) is 17.1 Å². The van der Waals surface area contributed by atoms with Gasteiger partial charge in [0.1, 0.15) is 11.6 Å². The molecule has 2 aromatic carbocycles. The van der Waals surface area contributed by atoms with Crippen LogP contribution in [0, 0.1) is 12.7 Å². The first-order valence-corrected chi connectivity index (χ1v) is 9.61. The number of sulfonamides is 1. The van der Waals surface area contributed by atoms with Crippen molar-refractivity contribution < 1.29 is 17.5 Å². The van der Waals surface area contributed by atoms with E-state index < -0.39 is 15.7 Å². The van der Waals surface area contributed by atoms with Crippen LogP contribution in [0.2, 0.25) is 0 Å². The predicted octanol–water partition coefficient (Wildman–Crippen LogP) is 3.47. The van der Waals surface area contributed by atoms with Gasteiger partial charge in [-0.25, -0.2) is 17.8 Å². The summed E-state index contributed by atoms with van der Waals surface area (Å²) in [5.74, 6) is 0.216. The van der Waals surface area contributed by atoms with Gasteiger partial charge in [-0.05, 0) is 56.7 Å². The lowest BCUT2D eigenvalue weighted by atomic mass is 9.95. The monoisotopic (exact) mass is 362 g/mol. The van der Waals surface area contributed by atoms with Crippen LogP contribution < -0.4 is 9.46 Å². The van der Waals surface area contributed by atoms with Crippen LogP contribution in [-0.4, -0.2) is 26.1 Å². The van der Waals surface area contributed by atoms with E-state index in [1.165, 1.54) is 12.1 Å². The number of hydrogen-bond acceptors (Lipinski definition) is 4. The van der Waals surface area contributed by atoms with Crippen molar-refractivity contribution in [3.63, 3.8) is 0 Å². The molecule has 0 saturated carbocycles. The summed E-state index contributed by atoms with van der Waals surface area (Å²) in [6.45, 7) is 5.44. The summed E-state index contributed by atoms with van der Waals surface area (Å²) in [6.07, 6.45) is 1.09. The van der Waals surface area contributed by atoms with Crippen LogP contribution in [0.5, 0.6) is 5.75 Å². The van der Waals surface area contributed by atoms with Crippen LogP contribution in [-0.2, 0) is 10.0 Å². The maximum absolute atomic E-state index is 13.4. The van der Waals surface area contributed by atoms with Crippen molar-refractivity contribution in [2.24, 2.45) is 4.99 Å². The number of rotatable bonds is 3. The Balaban J connectivity index is 2.14. The molecule has 0 saturated heterocycles. The molecule has 25 heavy (non-hydrogen) atoms. The number of ether oxygens (including phenoxy) is 1. The molecular weight excluding hydrogens is 343 g/mol. The lowest BCUT2D eigenvalue weighted by Crippen LogP contribution is -2.32. The molecule has 132 valence electrons. The van der Waals surface area contributed by atoms with Crippen LogP contribution in [0.15, 0.2) is 41.4 Å². The Kier molecular flexibility index (Phi) is 4.07. The minimum absolute atomic E-state index is 0.305. The van der Waals surface area contributed by atoms with E-state index in [0.717, 1.165) is 22.9 Å². The van der Waals surface area contributed by atoms with E-state index in [2.05, 4.69) is 9.71 Å². The van der Waals surface area contributed by atoms with Gasteiger partial charge in [0.25, 0.3) is 0 Å². The van der Waals surface area contributed by atoms with E-state index in [4.69, 9.17) is 4.74 Å². The molecule has 5 nitrogen and oxygen atoms in total. The van der Waals surface area contributed by atoms with E-state index in [-0.39, 0.29) is 5.82 Å². The van der Waals surface area contributed by atoms with Crippen molar-refractivity contribution in [3.8, 4) is 5.75 Å². The van der Waals surface area contributed by atoms with Crippen molar-refractivity contribution in [1.82, 2.24) is 0 Å². The minimum Gasteiger partial charge on any atom is -0.466 e. The molecule has 0 amide bonds. The second-order valence-electron chi connectivity index (χ2n) is 6.55. The molecule has 7 heteroatoms. The highest BCUT2D eigenvalue weighted by atomic mass is 32.2. The third kappa shape index (κ3) is 3.82. The third-order valence-corrected chi connectivity index (χ3v) is 4.33. The highest BCUT2D eigenvalue weighted by Gasteiger charge is 2.29. The fourth-order valence-corrected chi connectivity index (χ4v) is 3.35. The molecule has 0 fully saturated rings. The molecule has 0 radical (unpaired) electrons. The number of hydrogen-bond donors (Lipinski definition) is 1. The molecule has 0 spiro atoms. The normalized spacial score (nSPS) is 15.8. The molecule has 0 bridgehead atoms. The van der Waals surface area contributed by atoms with Gasteiger partial charge < -0.3 is 4.74 Å². The first-order chi connectivity index (χ1) is 11.5. The van der Waals surface area contributed by atoms with E-state index in [1.807, 2.05) is 20.8 Å². The number of fused-ring (bicyclic) bond motifs is 1. The van der Waals surface area contributed by atoms with Crippen molar-refractivity contribution in [3.05, 3.63) is 58.9 Å². The van der Waals surface area contributed by atoms with Crippen LogP contribution in [0.25, 0.3) is 0 Å². The van der Waals surface area contributed by atoms with E-state index >= 15 is 0 Å². The molecule has 3 rings (SSSR count). The summed E-state index contributed by atoms with van der Waals surface area (Å²) in [7, 11) is -3.39. The summed E-state index contributed by atoms with van der Waals surface area (Å²) >= 11 is 0. The Labute approximate surface area is 146 Å². The molecule has 0 aromatic heterocycles. The number of nitrogens with one attached hydrogen (secondary N) is 1. The summed E-state index contributed by atoms with van der Waals surface area (Å²) in [5.41, 5.74) is 2.58. The number of halogens is 1. The third-order valence-electron chi connectivity index (χ3n) is 3.72. The van der Waals surface area contributed by atoms with Gasteiger partial charge in [-0.15, -0.1) is 0 Å². The van der Waals surface area contributed by atoms with E-state index in [9.17, 15) is 12.8 Å². The Hall–Kier alpha value is -2.41. The summed E-state index contributed by atoms with van der Waals surface area (Å²) in [4.78, 5) is 4.65. The summed E-state index contributed by atoms with van der Waals surface area (Å²) < 4.78 is 44.7. The van der Waals surface area contributed by atoms with Gasteiger partial charge in [-0.2, -0.15) is 0 Å². The second kappa shape index (κ2) is 5.84. The molecule has 1 N–H and O–H groups in total. The average Bonchev–Trinajstić information content (AvgIpc) is 2.43. The van der Waals surface area contributed by atoms with Crippen molar-refractivity contribution in [2.45, 2.75) is 26.5 Å². The van der Waals surface area contributed by atoms with Crippen LogP contribution in [0.1, 0.15) is 30.5 Å². The number of nitrogens with zero attached hydrogens (tertiary/aromatic N) is 1. The highest BCUT2D eigenvalue weighted by Crippen LogP contribution is 2.35. The second-order valence-corrected chi connectivity index (χ2v) is 8.30. The predicted molar refractivity (Wildman–Crippen MR) is 96.4 cm³/mol. The van der Waals surface area contributed by atoms with Gasteiger partial charge in [0, 0.05) is 17.2 Å². The molecule has 1 heterocycles. The van der Waals surface area contributed by atoms with Crippen LogP contribution >= 0.6 is 0 Å². The fourth-order valence-electron chi connectivity index (χ4n) is 2.80. The van der Waals surface area contributed by atoms with Gasteiger partial charge >= 0.3 is 0 Å². The van der Waals surface area contributed by atoms with E-state index in [1.54, 1.807) is 24.3 Å². The van der Waals surface area contributed by atoms with Gasteiger partial charge in [-0.3, -0.25) is 4.72 Å². The van der Waals surface area contributed by atoms with Gasteiger partial charge in [0.05, 0.1) is 17.7 Å². The summed E-state index contributed by atoms with van der Waals surface area (Å²) in [5, 5.41) is 0. The van der Waals surface area contributed by atoms with Crippen LogP contribution in [0.4, 0.5) is 10.1 Å². The average molecular weight is 362 g/mol. The Morgan fingerprint density at radius 2 is 1.80 bits per heavy atom. The Bertz CT molecular complexity index is 982. The zero-order valence-corrected chi connectivity index (χ0v) is 15.2. The standard InChI is InChI=1S/C18H19FN2O3S/c1-11-9-12(19)5-7-14(11)17-15-8-6-13(21-25(4,22)23)10-16(15)24-18(2,3)20-17/h5-10,21H,1-4H3. The Morgan fingerprint density at radius 1 is 1.12 bits per heavy atom. The highest BCUT2D eigenvalue weighted by molar-refractivity contribution is 7.92. The molecule has 0 aliphatic carbocycles. The first kappa shape index (κ1) is 17.4. The van der Waals surface area contributed by atoms with Crippen LogP contribution in [0.3, 0.4) is 0 Å². The van der Waals surface area contributed by atoms with Gasteiger partial charge in [0.2, 0.25) is 10.0 Å². The van der Waals surface area contributed by atoms with Crippen molar-refractivity contribution in [1.29, 1.82) is 0 Å². The molecule has 1 aliphatic heterocycles. The smallest absolute Gasteiger partial charge is 0.229 e. The lowest BCUT2D eigenvalue weighted by Gasteiger charge is -2.31. The lowest BCUT2D eigenvalue weighted by molar-refractivity contribution is 0.115. The van der Waals surface area contributed by atoms with Crippen molar-refractivity contribution in [2.75, 3.05) is 11.0 Å².